The van der Waals surface area contributed by atoms with Gasteiger partial charge >= 0.3 is 5.97 Å². The summed E-state index contributed by atoms with van der Waals surface area (Å²) in [7, 11) is 3.00. The minimum Gasteiger partial charge on any atom is -0.497 e. The molecule has 1 aromatic carbocycles. The minimum absolute atomic E-state index is 0.375. The van der Waals surface area contributed by atoms with Gasteiger partial charge in [-0.25, -0.2) is 4.79 Å². The maximum atomic E-state index is 11.3. The quantitative estimate of drug-likeness (QED) is 0.825. The van der Waals surface area contributed by atoms with Crippen LogP contribution in [0.2, 0.25) is 0 Å². The van der Waals surface area contributed by atoms with Crippen LogP contribution < -0.4 is 10.1 Å². The lowest BCUT2D eigenvalue weighted by Gasteiger charge is -2.06. The first-order chi connectivity index (χ1) is 10.2. The number of methoxy groups -OCH3 is 2. The number of hydrogen-bond donors (Lipinski definition) is 1. The number of nitrogens with zero attached hydrogens (tertiary/aromatic N) is 1. The van der Waals surface area contributed by atoms with E-state index in [-0.39, 0.29) is 5.97 Å². The van der Waals surface area contributed by atoms with Crippen LogP contribution in [0, 0.1) is 0 Å². The molecular formula is C16H18N2O3. The van der Waals surface area contributed by atoms with Gasteiger partial charge in [0.05, 0.1) is 25.5 Å². The molecule has 0 aliphatic heterocycles. The highest BCUT2D eigenvalue weighted by atomic mass is 16.5. The third-order valence-electron chi connectivity index (χ3n) is 3.04. The van der Waals surface area contributed by atoms with Crippen molar-refractivity contribution in [1.82, 2.24) is 10.3 Å². The van der Waals surface area contributed by atoms with Gasteiger partial charge in [-0.2, -0.15) is 0 Å². The predicted molar refractivity (Wildman–Crippen MR) is 79.1 cm³/mol. The molecule has 1 N–H and O–H groups in total. The van der Waals surface area contributed by atoms with E-state index in [1.165, 1.54) is 18.9 Å². The molecule has 1 aromatic heterocycles. The van der Waals surface area contributed by atoms with E-state index in [0.717, 1.165) is 18.0 Å². The molecular weight excluding hydrogens is 268 g/mol. The Hall–Kier alpha value is -2.40. The van der Waals surface area contributed by atoms with Crippen molar-refractivity contribution >= 4 is 5.97 Å². The van der Waals surface area contributed by atoms with E-state index in [9.17, 15) is 4.79 Å². The summed E-state index contributed by atoms with van der Waals surface area (Å²) in [5.41, 5.74) is 2.49. The number of carbonyl (C=O) groups excluding carboxylic acids is 1. The van der Waals surface area contributed by atoms with Crippen molar-refractivity contribution in [2.24, 2.45) is 0 Å². The van der Waals surface area contributed by atoms with E-state index in [2.05, 4.69) is 15.0 Å². The normalized spacial score (nSPS) is 10.2. The van der Waals surface area contributed by atoms with E-state index in [1.54, 1.807) is 13.2 Å². The maximum absolute atomic E-state index is 11.3. The molecule has 0 saturated heterocycles. The molecule has 0 amide bonds. The summed E-state index contributed by atoms with van der Waals surface area (Å²) in [6, 6.07) is 11.4. The van der Waals surface area contributed by atoms with Crippen LogP contribution in [0.4, 0.5) is 0 Å². The Morgan fingerprint density at radius 1 is 1.10 bits per heavy atom. The number of rotatable bonds is 6. The summed E-state index contributed by atoms with van der Waals surface area (Å²) in [6.07, 6.45) is 1.52. The van der Waals surface area contributed by atoms with E-state index in [4.69, 9.17) is 4.74 Å². The Morgan fingerprint density at radius 3 is 2.43 bits per heavy atom. The molecule has 1 heterocycles. The van der Waals surface area contributed by atoms with Gasteiger partial charge in [0, 0.05) is 19.3 Å². The lowest BCUT2D eigenvalue weighted by molar-refractivity contribution is 0.0600. The fourth-order valence-corrected chi connectivity index (χ4v) is 1.85. The van der Waals surface area contributed by atoms with Gasteiger partial charge in [-0.3, -0.25) is 4.98 Å². The number of aromatic nitrogens is 1. The molecule has 0 spiro atoms. The molecule has 110 valence electrons. The first kappa shape index (κ1) is 15.0. The first-order valence-corrected chi connectivity index (χ1v) is 6.60. The Balaban J connectivity index is 1.83. The summed E-state index contributed by atoms with van der Waals surface area (Å²) in [5.74, 6) is 0.471. The largest absolute Gasteiger partial charge is 0.497 e. The van der Waals surface area contributed by atoms with Gasteiger partial charge in [0.15, 0.2) is 0 Å². The summed E-state index contributed by atoms with van der Waals surface area (Å²) < 4.78 is 9.74. The topological polar surface area (TPSA) is 60.5 Å². The van der Waals surface area contributed by atoms with Crippen molar-refractivity contribution in [2.75, 3.05) is 14.2 Å². The first-order valence-electron chi connectivity index (χ1n) is 6.60. The standard InChI is InChI=1S/C16H18N2O3/c1-20-15-7-3-12(4-8-15)9-17-11-14-6-5-13(10-18-14)16(19)21-2/h3-8,10,17H,9,11H2,1-2H3. The third kappa shape index (κ3) is 4.29. The molecule has 0 radical (unpaired) electrons. The third-order valence-corrected chi connectivity index (χ3v) is 3.04. The van der Waals surface area contributed by atoms with Crippen LogP contribution in [0.5, 0.6) is 5.75 Å². The van der Waals surface area contributed by atoms with Crippen molar-refractivity contribution in [1.29, 1.82) is 0 Å². The van der Waals surface area contributed by atoms with E-state index in [1.807, 2.05) is 30.3 Å². The monoisotopic (exact) mass is 286 g/mol. The second-order valence-corrected chi connectivity index (χ2v) is 4.48. The molecule has 2 aromatic rings. The Labute approximate surface area is 123 Å². The van der Waals surface area contributed by atoms with Crippen LogP contribution in [0.25, 0.3) is 0 Å². The van der Waals surface area contributed by atoms with Crippen LogP contribution in [-0.2, 0) is 17.8 Å². The smallest absolute Gasteiger partial charge is 0.339 e. The highest BCUT2D eigenvalue weighted by Crippen LogP contribution is 2.11. The summed E-state index contributed by atoms with van der Waals surface area (Å²) >= 11 is 0. The number of benzene rings is 1. The molecule has 21 heavy (non-hydrogen) atoms. The number of hydrogen-bond acceptors (Lipinski definition) is 5. The molecule has 5 nitrogen and oxygen atoms in total. The van der Waals surface area contributed by atoms with Gasteiger partial charge in [-0.15, -0.1) is 0 Å². The van der Waals surface area contributed by atoms with Gasteiger partial charge in [-0.1, -0.05) is 12.1 Å². The second-order valence-electron chi connectivity index (χ2n) is 4.48. The van der Waals surface area contributed by atoms with E-state index in [0.29, 0.717) is 12.1 Å². The van der Waals surface area contributed by atoms with Crippen molar-refractivity contribution < 1.29 is 14.3 Å². The summed E-state index contributed by atoms with van der Waals surface area (Å²) in [6.45, 7) is 1.37. The van der Waals surface area contributed by atoms with Crippen LogP contribution in [0.3, 0.4) is 0 Å². The average Bonchev–Trinajstić information content (AvgIpc) is 2.55. The number of ether oxygens (including phenoxy) is 2. The van der Waals surface area contributed by atoms with E-state index >= 15 is 0 Å². The highest BCUT2D eigenvalue weighted by molar-refractivity contribution is 5.88. The molecule has 0 aliphatic carbocycles. The van der Waals surface area contributed by atoms with Gasteiger partial charge < -0.3 is 14.8 Å². The molecule has 0 aliphatic rings. The van der Waals surface area contributed by atoms with Crippen molar-refractivity contribution in [3.8, 4) is 5.75 Å². The van der Waals surface area contributed by atoms with Gasteiger partial charge in [0.1, 0.15) is 5.75 Å². The SMILES string of the molecule is COC(=O)c1ccc(CNCc2ccc(OC)cc2)nc1. The van der Waals surface area contributed by atoms with Gasteiger partial charge in [0.2, 0.25) is 0 Å². The summed E-state index contributed by atoms with van der Waals surface area (Å²) in [5, 5.41) is 3.30. The Bertz CT molecular complexity index is 579. The molecule has 5 heteroatoms. The van der Waals surface area contributed by atoms with Gasteiger partial charge in [0.25, 0.3) is 0 Å². The summed E-state index contributed by atoms with van der Waals surface area (Å²) in [4.78, 5) is 15.5. The average molecular weight is 286 g/mol. The van der Waals surface area contributed by atoms with Crippen molar-refractivity contribution in [3.05, 3.63) is 59.4 Å². The molecule has 0 atom stereocenters. The second kappa shape index (κ2) is 7.40. The van der Waals surface area contributed by atoms with E-state index < -0.39 is 0 Å². The van der Waals surface area contributed by atoms with Crippen molar-refractivity contribution in [3.63, 3.8) is 0 Å². The lowest BCUT2D eigenvalue weighted by atomic mass is 10.2. The van der Waals surface area contributed by atoms with Crippen LogP contribution >= 0.6 is 0 Å². The number of pyridine rings is 1. The highest BCUT2D eigenvalue weighted by Gasteiger charge is 2.05. The Morgan fingerprint density at radius 2 is 1.86 bits per heavy atom. The zero-order chi connectivity index (χ0) is 15.1. The maximum Gasteiger partial charge on any atom is 0.339 e. The van der Waals surface area contributed by atoms with Gasteiger partial charge in [-0.05, 0) is 29.8 Å². The number of nitrogens with one attached hydrogen (secondary N) is 1. The lowest BCUT2D eigenvalue weighted by Crippen LogP contribution is -2.14. The van der Waals surface area contributed by atoms with Crippen LogP contribution in [0.1, 0.15) is 21.6 Å². The zero-order valence-electron chi connectivity index (χ0n) is 12.1. The Kier molecular flexibility index (Phi) is 5.29. The van der Waals surface area contributed by atoms with Crippen molar-refractivity contribution in [2.45, 2.75) is 13.1 Å². The number of esters is 1. The molecule has 0 unspecified atom stereocenters. The fourth-order valence-electron chi connectivity index (χ4n) is 1.85. The van der Waals surface area contributed by atoms with Crippen LogP contribution in [-0.4, -0.2) is 25.2 Å². The predicted octanol–water partition coefficient (Wildman–Crippen LogP) is 2.17. The molecule has 0 saturated carbocycles. The fraction of sp³-hybridized carbons (Fsp3) is 0.250. The molecule has 0 fully saturated rings. The number of carbonyl (C=O) groups is 1. The zero-order valence-corrected chi connectivity index (χ0v) is 12.1. The minimum atomic E-state index is -0.375. The molecule has 2 rings (SSSR count). The molecule has 0 bridgehead atoms. The van der Waals surface area contributed by atoms with Crippen LogP contribution in [0.15, 0.2) is 42.6 Å².